The first-order valence-electron chi connectivity index (χ1n) is 4.09. The summed E-state index contributed by atoms with van der Waals surface area (Å²) in [6.07, 6.45) is 0. The van der Waals surface area contributed by atoms with Gasteiger partial charge in [-0.25, -0.2) is 0 Å². The molecule has 1 aliphatic rings. The second-order valence-corrected chi connectivity index (χ2v) is 3.48. The maximum Gasteiger partial charge on any atom is 0.00342 e. The fraction of sp³-hybridized carbons (Fsp3) is 1.00. The van der Waals surface area contributed by atoms with E-state index in [4.69, 9.17) is 0 Å². The second kappa shape index (κ2) is 3.35. The Morgan fingerprint density at radius 3 is 2.40 bits per heavy atom. The Balaban J connectivity index is 2.03. The normalized spacial score (nSPS) is 21.6. The van der Waals surface area contributed by atoms with E-state index in [-0.39, 0.29) is 0 Å². The Morgan fingerprint density at radius 2 is 2.00 bits per heavy atom. The van der Waals surface area contributed by atoms with Crippen LogP contribution >= 0.6 is 0 Å². The van der Waals surface area contributed by atoms with Crippen molar-refractivity contribution in [3.05, 3.63) is 0 Å². The highest BCUT2D eigenvalue weighted by Gasteiger charge is 2.24. The van der Waals surface area contributed by atoms with Gasteiger partial charge < -0.3 is 9.80 Å². The van der Waals surface area contributed by atoms with Crippen LogP contribution in [0.5, 0.6) is 0 Å². The van der Waals surface area contributed by atoms with Gasteiger partial charge in [0.15, 0.2) is 0 Å². The van der Waals surface area contributed by atoms with Crippen molar-refractivity contribution >= 4 is 0 Å². The van der Waals surface area contributed by atoms with E-state index >= 15 is 0 Å². The van der Waals surface area contributed by atoms with E-state index in [0.29, 0.717) is 0 Å². The zero-order chi connectivity index (χ0) is 7.56. The van der Waals surface area contributed by atoms with Gasteiger partial charge in [0.05, 0.1) is 0 Å². The molecule has 1 heterocycles. The third-order valence-corrected chi connectivity index (χ3v) is 2.10. The lowest BCUT2D eigenvalue weighted by Crippen LogP contribution is -2.50. The molecule has 60 valence electrons. The number of likely N-dealkylation sites (tertiary alicyclic amines) is 1. The molecule has 2 nitrogen and oxygen atoms in total. The summed E-state index contributed by atoms with van der Waals surface area (Å²) in [5.41, 5.74) is 0. The molecule has 1 fully saturated rings. The summed E-state index contributed by atoms with van der Waals surface area (Å²) in [7, 11) is 4.29. The number of rotatable bonds is 3. The molecule has 0 saturated carbocycles. The summed E-state index contributed by atoms with van der Waals surface area (Å²) >= 11 is 0. The predicted octanol–water partition coefficient (Wildman–Crippen LogP) is 0.500. The lowest BCUT2D eigenvalue weighted by atomic mass is 10.0. The van der Waals surface area contributed by atoms with Crippen LogP contribution in [0, 0.1) is 5.92 Å². The highest BCUT2D eigenvalue weighted by molar-refractivity contribution is 4.79. The van der Waals surface area contributed by atoms with Gasteiger partial charge in [-0.05, 0) is 26.6 Å². The maximum atomic E-state index is 2.48. The molecule has 0 atom stereocenters. The van der Waals surface area contributed by atoms with Gasteiger partial charge in [0.1, 0.15) is 0 Å². The summed E-state index contributed by atoms with van der Waals surface area (Å²) in [4.78, 5) is 4.76. The minimum atomic E-state index is 0.940. The molecule has 0 aromatic rings. The lowest BCUT2D eigenvalue weighted by molar-refractivity contribution is 0.0860. The SMILES string of the molecule is CCN1CC(CN(C)C)C1. The summed E-state index contributed by atoms with van der Waals surface area (Å²) < 4.78 is 0. The molecule has 1 saturated heterocycles. The molecule has 0 aliphatic carbocycles. The highest BCUT2D eigenvalue weighted by atomic mass is 15.2. The van der Waals surface area contributed by atoms with E-state index in [0.717, 1.165) is 5.92 Å². The van der Waals surface area contributed by atoms with Crippen LogP contribution in [0.4, 0.5) is 0 Å². The van der Waals surface area contributed by atoms with Crippen LogP contribution in [0.1, 0.15) is 6.92 Å². The Bertz CT molecular complexity index is 95.4. The van der Waals surface area contributed by atoms with Crippen LogP contribution < -0.4 is 0 Å². The average molecular weight is 142 g/mol. The van der Waals surface area contributed by atoms with E-state index in [9.17, 15) is 0 Å². The van der Waals surface area contributed by atoms with E-state index in [2.05, 4.69) is 30.8 Å². The maximum absolute atomic E-state index is 2.48. The van der Waals surface area contributed by atoms with Crippen LogP contribution in [0.15, 0.2) is 0 Å². The van der Waals surface area contributed by atoms with Gasteiger partial charge >= 0.3 is 0 Å². The van der Waals surface area contributed by atoms with Crippen LogP contribution in [-0.4, -0.2) is 50.1 Å². The van der Waals surface area contributed by atoms with Crippen LogP contribution in [0.25, 0.3) is 0 Å². The van der Waals surface area contributed by atoms with E-state index < -0.39 is 0 Å². The van der Waals surface area contributed by atoms with Gasteiger partial charge in [-0.1, -0.05) is 6.92 Å². The van der Waals surface area contributed by atoms with Crippen molar-refractivity contribution in [3.8, 4) is 0 Å². The third kappa shape index (κ3) is 1.96. The molecule has 0 radical (unpaired) electrons. The first-order chi connectivity index (χ1) is 4.72. The van der Waals surface area contributed by atoms with Gasteiger partial charge in [-0.2, -0.15) is 0 Å². The van der Waals surface area contributed by atoms with Crippen LogP contribution in [-0.2, 0) is 0 Å². The number of hydrogen-bond acceptors (Lipinski definition) is 2. The monoisotopic (exact) mass is 142 g/mol. The van der Waals surface area contributed by atoms with Gasteiger partial charge in [-0.3, -0.25) is 0 Å². The van der Waals surface area contributed by atoms with Gasteiger partial charge in [0, 0.05) is 19.6 Å². The molecule has 1 aliphatic heterocycles. The molecule has 0 aromatic carbocycles. The molecule has 0 bridgehead atoms. The predicted molar refractivity (Wildman–Crippen MR) is 44.2 cm³/mol. The van der Waals surface area contributed by atoms with Crippen LogP contribution in [0.3, 0.4) is 0 Å². The molecule has 0 amide bonds. The van der Waals surface area contributed by atoms with Crippen LogP contribution in [0.2, 0.25) is 0 Å². The van der Waals surface area contributed by atoms with Gasteiger partial charge in [0.2, 0.25) is 0 Å². The summed E-state index contributed by atoms with van der Waals surface area (Å²) in [6.45, 7) is 7.34. The van der Waals surface area contributed by atoms with E-state index in [1.54, 1.807) is 0 Å². The topological polar surface area (TPSA) is 6.48 Å². The number of hydrogen-bond donors (Lipinski definition) is 0. The molecule has 10 heavy (non-hydrogen) atoms. The largest absolute Gasteiger partial charge is 0.309 e. The summed E-state index contributed by atoms with van der Waals surface area (Å²) in [5.74, 6) is 0.940. The van der Waals surface area contributed by atoms with Gasteiger partial charge in [0.25, 0.3) is 0 Å². The zero-order valence-corrected chi connectivity index (χ0v) is 7.30. The van der Waals surface area contributed by atoms with Gasteiger partial charge in [-0.15, -0.1) is 0 Å². The molecule has 0 unspecified atom stereocenters. The zero-order valence-electron chi connectivity index (χ0n) is 7.30. The van der Waals surface area contributed by atoms with E-state index in [1.807, 2.05) is 0 Å². The standard InChI is InChI=1S/C8H18N2/c1-4-10-6-8(7-10)5-9(2)3/h8H,4-7H2,1-3H3. The molecule has 0 aromatic heterocycles. The molecule has 1 rings (SSSR count). The Kier molecular flexibility index (Phi) is 2.69. The van der Waals surface area contributed by atoms with E-state index in [1.165, 1.54) is 26.2 Å². The molecular weight excluding hydrogens is 124 g/mol. The molecule has 2 heteroatoms. The van der Waals surface area contributed by atoms with Crippen molar-refractivity contribution in [2.24, 2.45) is 5.92 Å². The van der Waals surface area contributed by atoms with Crippen molar-refractivity contribution < 1.29 is 0 Å². The van der Waals surface area contributed by atoms with Crippen molar-refractivity contribution in [1.82, 2.24) is 9.80 Å². The number of nitrogens with zero attached hydrogens (tertiary/aromatic N) is 2. The first-order valence-corrected chi connectivity index (χ1v) is 4.09. The molecule has 0 N–H and O–H groups in total. The summed E-state index contributed by atoms with van der Waals surface area (Å²) in [6, 6.07) is 0. The Hall–Kier alpha value is -0.0800. The minimum Gasteiger partial charge on any atom is -0.309 e. The smallest absolute Gasteiger partial charge is 0.00342 e. The fourth-order valence-corrected chi connectivity index (χ4v) is 1.57. The fourth-order valence-electron chi connectivity index (χ4n) is 1.57. The Morgan fingerprint density at radius 1 is 1.40 bits per heavy atom. The quantitative estimate of drug-likeness (QED) is 0.566. The average Bonchev–Trinajstić information content (AvgIpc) is 1.76. The Labute approximate surface area is 63.8 Å². The minimum absolute atomic E-state index is 0.940. The van der Waals surface area contributed by atoms with Crippen molar-refractivity contribution in [3.63, 3.8) is 0 Å². The van der Waals surface area contributed by atoms with Crippen molar-refractivity contribution in [2.45, 2.75) is 6.92 Å². The summed E-state index contributed by atoms with van der Waals surface area (Å²) in [5, 5.41) is 0. The molecular formula is C8H18N2. The first kappa shape index (κ1) is 8.02. The van der Waals surface area contributed by atoms with Crippen molar-refractivity contribution in [1.29, 1.82) is 0 Å². The van der Waals surface area contributed by atoms with Crippen molar-refractivity contribution in [2.75, 3.05) is 40.3 Å². The third-order valence-electron chi connectivity index (χ3n) is 2.10. The highest BCUT2D eigenvalue weighted by Crippen LogP contribution is 2.14. The second-order valence-electron chi connectivity index (χ2n) is 3.48. The lowest BCUT2D eigenvalue weighted by Gasteiger charge is -2.39. The molecule has 0 spiro atoms.